The van der Waals surface area contributed by atoms with E-state index in [2.05, 4.69) is 12.0 Å². The molecule has 0 spiro atoms. The van der Waals surface area contributed by atoms with Crippen LogP contribution in [-0.2, 0) is 7.05 Å². The fourth-order valence-corrected chi connectivity index (χ4v) is 2.68. The lowest BCUT2D eigenvalue weighted by molar-refractivity contribution is 0.154. The average molecular weight is 280 g/mol. The van der Waals surface area contributed by atoms with Crippen molar-refractivity contribution < 1.29 is 5.11 Å². The van der Waals surface area contributed by atoms with Crippen LogP contribution in [0.25, 0.3) is 0 Å². The van der Waals surface area contributed by atoms with Gasteiger partial charge in [-0.1, -0.05) is 71.1 Å². The second-order valence-corrected chi connectivity index (χ2v) is 5.87. The Balaban J connectivity index is 1.91. The third kappa shape index (κ3) is 7.09. The van der Waals surface area contributed by atoms with Crippen molar-refractivity contribution in [1.82, 2.24) is 9.78 Å². The molecule has 0 saturated carbocycles. The molecule has 1 heterocycles. The molecule has 0 radical (unpaired) electrons. The Morgan fingerprint density at radius 2 is 1.55 bits per heavy atom. The van der Waals surface area contributed by atoms with E-state index in [1.807, 2.05) is 13.1 Å². The van der Waals surface area contributed by atoms with E-state index in [0.717, 1.165) is 18.5 Å². The zero-order chi connectivity index (χ0) is 14.6. The molecular formula is C17H32N2O. The minimum absolute atomic E-state index is 0.350. The number of nitrogens with zero attached hydrogens (tertiary/aromatic N) is 2. The van der Waals surface area contributed by atoms with Gasteiger partial charge >= 0.3 is 0 Å². The summed E-state index contributed by atoms with van der Waals surface area (Å²) >= 11 is 0. The van der Waals surface area contributed by atoms with Crippen molar-refractivity contribution in [2.24, 2.45) is 7.05 Å². The minimum Gasteiger partial charge on any atom is -0.387 e. The van der Waals surface area contributed by atoms with Crippen LogP contribution >= 0.6 is 0 Å². The highest BCUT2D eigenvalue weighted by molar-refractivity contribution is 5.03. The van der Waals surface area contributed by atoms with Gasteiger partial charge in [-0.15, -0.1) is 0 Å². The SMILES string of the molecule is CCCCCCCCCCCCC(O)c1ccnn1C. The van der Waals surface area contributed by atoms with Crippen molar-refractivity contribution in [3.63, 3.8) is 0 Å². The lowest BCUT2D eigenvalue weighted by Crippen LogP contribution is -2.05. The number of aromatic nitrogens is 2. The Hall–Kier alpha value is -0.830. The molecule has 3 heteroatoms. The van der Waals surface area contributed by atoms with Crippen molar-refractivity contribution >= 4 is 0 Å². The van der Waals surface area contributed by atoms with Gasteiger partial charge < -0.3 is 5.11 Å². The molecule has 0 fully saturated rings. The molecule has 20 heavy (non-hydrogen) atoms. The van der Waals surface area contributed by atoms with Crippen LogP contribution in [-0.4, -0.2) is 14.9 Å². The zero-order valence-electron chi connectivity index (χ0n) is 13.4. The maximum absolute atomic E-state index is 10.1. The molecule has 1 aromatic rings. The molecule has 3 nitrogen and oxygen atoms in total. The molecule has 116 valence electrons. The van der Waals surface area contributed by atoms with Crippen LogP contribution < -0.4 is 0 Å². The van der Waals surface area contributed by atoms with Crippen LogP contribution in [0.1, 0.15) is 89.4 Å². The van der Waals surface area contributed by atoms with E-state index in [1.54, 1.807) is 10.9 Å². The van der Waals surface area contributed by atoms with Gasteiger partial charge in [0.2, 0.25) is 0 Å². The number of rotatable bonds is 12. The summed E-state index contributed by atoms with van der Waals surface area (Å²) in [7, 11) is 1.89. The number of aliphatic hydroxyl groups is 1. The van der Waals surface area contributed by atoms with Gasteiger partial charge in [0.25, 0.3) is 0 Å². The number of unbranched alkanes of at least 4 members (excludes halogenated alkanes) is 9. The number of hydrogen-bond acceptors (Lipinski definition) is 2. The summed E-state index contributed by atoms with van der Waals surface area (Å²) in [5.41, 5.74) is 0.931. The largest absolute Gasteiger partial charge is 0.387 e. The smallest absolute Gasteiger partial charge is 0.0956 e. The Kier molecular flexibility index (Phi) is 9.38. The maximum atomic E-state index is 10.1. The van der Waals surface area contributed by atoms with Gasteiger partial charge in [-0.05, 0) is 12.5 Å². The Labute approximate surface area is 124 Å². The molecule has 0 amide bonds. The number of hydrogen-bond donors (Lipinski definition) is 1. The molecule has 0 aliphatic rings. The predicted molar refractivity (Wildman–Crippen MR) is 84.6 cm³/mol. The molecule has 1 unspecified atom stereocenters. The Morgan fingerprint density at radius 3 is 2.05 bits per heavy atom. The quantitative estimate of drug-likeness (QED) is 0.560. The lowest BCUT2D eigenvalue weighted by atomic mass is 10.0. The molecule has 1 N–H and O–H groups in total. The number of aliphatic hydroxyl groups excluding tert-OH is 1. The predicted octanol–water partition coefficient (Wildman–Crippen LogP) is 4.76. The first kappa shape index (κ1) is 17.2. The molecule has 1 atom stereocenters. The lowest BCUT2D eigenvalue weighted by Gasteiger charge is -2.10. The van der Waals surface area contributed by atoms with Crippen LogP contribution in [0, 0.1) is 0 Å². The standard InChI is InChI=1S/C17H32N2O/c1-3-4-5-6-7-8-9-10-11-12-13-17(20)16-14-15-18-19(16)2/h14-15,17,20H,3-13H2,1-2H3. The van der Waals surface area contributed by atoms with Crippen molar-refractivity contribution in [2.45, 2.75) is 83.7 Å². The van der Waals surface area contributed by atoms with E-state index >= 15 is 0 Å². The number of aryl methyl sites for hydroxylation is 1. The molecule has 0 bridgehead atoms. The third-order valence-electron chi connectivity index (χ3n) is 4.03. The van der Waals surface area contributed by atoms with Crippen LogP contribution in [0.2, 0.25) is 0 Å². The Morgan fingerprint density at radius 1 is 1.00 bits per heavy atom. The highest BCUT2D eigenvalue weighted by Crippen LogP contribution is 2.19. The highest BCUT2D eigenvalue weighted by atomic mass is 16.3. The van der Waals surface area contributed by atoms with E-state index in [-0.39, 0.29) is 6.10 Å². The van der Waals surface area contributed by atoms with E-state index < -0.39 is 0 Å². The summed E-state index contributed by atoms with van der Waals surface area (Å²) in [5.74, 6) is 0. The van der Waals surface area contributed by atoms with E-state index in [9.17, 15) is 5.11 Å². The first-order chi connectivity index (χ1) is 9.75. The van der Waals surface area contributed by atoms with Gasteiger partial charge in [0.1, 0.15) is 0 Å². The van der Waals surface area contributed by atoms with Gasteiger partial charge in [-0.3, -0.25) is 4.68 Å². The summed E-state index contributed by atoms with van der Waals surface area (Å²) < 4.78 is 1.76. The molecule has 0 aromatic carbocycles. The maximum Gasteiger partial charge on any atom is 0.0956 e. The molecule has 0 aliphatic carbocycles. The summed E-state index contributed by atoms with van der Waals surface area (Å²) in [6, 6.07) is 1.90. The topological polar surface area (TPSA) is 38.1 Å². The van der Waals surface area contributed by atoms with Gasteiger partial charge in [-0.25, -0.2) is 0 Å². The summed E-state index contributed by atoms with van der Waals surface area (Å²) in [5, 5.41) is 14.1. The van der Waals surface area contributed by atoms with E-state index in [1.165, 1.54) is 57.8 Å². The normalized spacial score (nSPS) is 12.8. The van der Waals surface area contributed by atoms with Gasteiger partial charge in [0.15, 0.2) is 0 Å². The van der Waals surface area contributed by atoms with Crippen molar-refractivity contribution in [2.75, 3.05) is 0 Å². The van der Waals surface area contributed by atoms with Crippen molar-refractivity contribution in [1.29, 1.82) is 0 Å². The monoisotopic (exact) mass is 280 g/mol. The fourth-order valence-electron chi connectivity index (χ4n) is 2.68. The molecule has 0 saturated heterocycles. The fraction of sp³-hybridized carbons (Fsp3) is 0.824. The van der Waals surface area contributed by atoms with Gasteiger partial charge in [0, 0.05) is 13.2 Å². The van der Waals surface area contributed by atoms with Crippen molar-refractivity contribution in [3.05, 3.63) is 18.0 Å². The first-order valence-electron chi connectivity index (χ1n) is 8.41. The third-order valence-corrected chi connectivity index (χ3v) is 4.03. The second kappa shape index (κ2) is 10.9. The van der Waals surface area contributed by atoms with Crippen LogP contribution in [0.5, 0.6) is 0 Å². The highest BCUT2D eigenvalue weighted by Gasteiger charge is 2.10. The first-order valence-corrected chi connectivity index (χ1v) is 8.41. The van der Waals surface area contributed by atoms with Gasteiger partial charge in [-0.2, -0.15) is 5.10 Å². The zero-order valence-corrected chi connectivity index (χ0v) is 13.4. The van der Waals surface area contributed by atoms with Crippen LogP contribution in [0.4, 0.5) is 0 Å². The second-order valence-electron chi connectivity index (χ2n) is 5.87. The molecule has 1 aromatic heterocycles. The summed E-state index contributed by atoms with van der Waals surface area (Å²) in [6.45, 7) is 2.26. The van der Waals surface area contributed by atoms with E-state index in [0.29, 0.717) is 0 Å². The van der Waals surface area contributed by atoms with Crippen LogP contribution in [0.3, 0.4) is 0 Å². The van der Waals surface area contributed by atoms with Gasteiger partial charge in [0.05, 0.1) is 11.8 Å². The van der Waals surface area contributed by atoms with Crippen LogP contribution in [0.15, 0.2) is 12.3 Å². The summed E-state index contributed by atoms with van der Waals surface area (Å²) in [4.78, 5) is 0. The minimum atomic E-state index is -0.350. The molecule has 0 aliphatic heterocycles. The Bertz CT molecular complexity index is 335. The van der Waals surface area contributed by atoms with Crippen molar-refractivity contribution in [3.8, 4) is 0 Å². The van der Waals surface area contributed by atoms with E-state index in [4.69, 9.17) is 0 Å². The molecule has 1 rings (SSSR count). The average Bonchev–Trinajstić information content (AvgIpc) is 2.87. The molecular weight excluding hydrogens is 248 g/mol. The summed E-state index contributed by atoms with van der Waals surface area (Å²) in [6.07, 6.45) is 15.6.